The van der Waals surface area contributed by atoms with Crippen LogP contribution in [0.3, 0.4) is 0 Å². The Morgan fingerprint density at radius 3 is 2.70 bits per heavy atom. The Bertz CT molecular complexity index is 667. The van der Waals surface area contributed by atoms with Gasteiger partial charge in [0.25, 0.3) is 5.91 Å². The van der Waals surface area contributed by atoms with E-state index in [9.17, 15) is 18.8 Å². The third-order valence-electron chi connectivity index (χ3n) is 4.14. The molecule has 9 heteroatoms. The maximum atomic E-state index is 12.9. The number of carbonyl (C=O) groups is 3. The number of halogens is 1. The van der Waals surface area contributed by atoms with E-state index in [1.165, 1.54) is 24.3 Å². The molecule has 8 nitrogen and oxygen atoms in total. The van der Waals surface area contributed by atoms with Crippen LogP contribution in [-0.4, -0.2) is 85.2 Å². The highest BCUT2D eigenvalue weighted by molar-refractivity contribution is 5.94. The molecule has 0 radical (unpaired) electrons. The number of benzene rings is 1. The molecule has 27 heavy (non-hydrogen) atoms. The fourth-order valence-corrected chi connectivity index (χ4v) is 2.84. The van der Waals surface area contributed by atoms with E-state index < -0.39 is 11.8 Å². The first-order valence-electron chi connectivity index (χ1n) is 8.68. The molecule has 1 aromatic rings. The van der Waals surface area contributed by atoms with Crippen molar-refractivity contribution in [2.75, 3.05) is 46.4 Å². The Balaban J connectivity index is 1.74. The van der Waals surface area contributed by atoms with Gasteiger partial charge < -0.3 is 20.1 Å². The highest BCUT2D eigenvalue weighted by atomic mass is 19.1. The van der Waals surface area contributed by atoms with Crippen molar-refractivity contribution >= 4 is 17.8 Å². The number of likely N-dealkylation sites (N-methyl/N-ethyl adjacent to an activating group) is 1. The number of nitrogens with one attached hydrogen (secondary N) is 1. The van der Waals surface area contributed by atoms with Gasteiger partial charge in [0.2, 0.25) is 5.91 Å². The summed E-state index contributed by atoms with van der Waals surface area (Å²) in [4.78, 5) is 38.3. The van der Waals surface area contributed by atoms with Crippen molar-refractivity contribution in [3.63, 3.8) is 0 Å². The minimum absolute atomic E-state index is 0.0940. The predicted octanol–water partition coefficient (Wildman–Crippen LogP) is 0.189. The van der Waals surface area contributed by atoms with E-state index in [2.05, 4.69) is 5.32 Å². The van der Waals surface area contributed by atoms with Gasteiger partial charge in [0.1, 0.15) is 5.82 Å². The van der Waals surface area contributed by atoms with Crippen molar-refractivity contribution in [3.8, 4) is 0 Å². The highest BCUT2D eigenvalue weighted by Gasteiger charge is 2.25. The molecule has 1 fully saturated rings. The summed E-state index contributed by atoms with van der Waals surface area (Å²) in [6.45, 7) is 1.73. The smallest absolute Gasteiger partial charge is 0.317 e. The number of nitrogens with zero attached hydrogens (tertiary/aromatic N) is 2. The molecule has 2 amide bonds. The van der Waals surface area contributed by atoms with Gasteiger partial charge in [-0.15, -0.1) is 0 Å². The van der Waals surface area contributed by atoms with Gasteiger partial charge in [-0.05, 0) is 31.3 Å². The fraction of sp³-hybridized carbons (Fsp3) is 0.500. The number of rotatable bonds is 8. The molecule has 2 N–H and O–H groups in total. The Kier molecular flexibility index (Phi) is 7.68. The van der Waals surface area contributed by atoms with Gasteiger partial charge in [0, 0.05) is 38.2 Å². The highest BCUT2D eigenvalue weighted by Crippen LogP contribution is 2.08. The average molecular weight is 381 g/mol. The van der Waals surface area contributed by atoms with Crippen LogP contribution in [0.2, 0.25) is 0 Å². The number of aliphatic carboxylic acids is 1. The van der Waals surface area contributed by atoms with E-state index in [0.717, 1.165) is 0 Å². The maximum absolute atomic E-state index is 12.9. The topological polar surface area (TPSA) is 99.2 Å². The summed E-state index contributed by atoms with van der Waals surface area (Å²) in [6, 6.07) is 5.17. The van der Waals surface area contributed by atoms with Crippen LogP contribution >= 0.6 is 0 Å². The molecule has 1 heterocycles. The van der Waals surface area contributed by atoms with Crippen molar-refractivity contribution in [2.45, 2.75) is 12.5 Å². The van der Waals surface area contributed by atoms with Gasteiger partial charge in [-0.1, -0.05) is 0 Å². The zero-order valence-corrected chi connectivity index (χ0v) is 15.2. The SMILES string of the molecule is CN(CC(=O)O)CC1CN(C(=O)CCNC(=O)c2ccc(F)cc2)CCO1. The van der Waals surface area contributed by atoms with Crippen LogP contribution in [0.1, 0.15) is 16.8 Å². The molecular formula is C18H24FN3O5. The lowest BCUT2D eigenvalue weighted by Gasteiger charge is -2.34. The van der Waals surface area contributed by atoms with Gasteiger partial charge in [0.15, 0.2) is 0 Å². The zero-order chi connectivity index (χ0) is 19.8. The second-order valence-corrected chi connectivity index (χ2v) is 6.44. The number of hydrogen-bond acceptors (Lipinski definition) is 5. The van der Waals surface area contributed by atoms with E-state index >= 15 is 0 Å². The lowest BCUT2D eigenvalue weighted by atomic mass is 10.2. The number of carbonyl (C=O) groups excluding carboxylic acids is 2. The van der Waals surface area contributed by atoms with Crippen molar-refractivity contribution in [1.29, 1.82) is 0 Å². The molecule has 0 bridgehead atoms. The maximum Gasteiger partial charge on any atom is 0.317 e. The minimum atomic E-state index is -0.918. The molecule has 0 aliphatic carbocycles. The third kappa shape index (κ3) is 6.95. The van der Waals surface area contributed by atoms with Crippen molar-refractivity contribution in [3.05, 3.63) is 35.6 Å². The van der Waals surface area contributed by atoms with Crippen LogP contribution in [0.25, 0.3) is 0 Å². The summed E-state index contributed by atoms with van der Waals surface area (Å²) in [5.41, 5.74) is 0.330. The molecular weight excluding hydrogens is 357 g/mol. The first-order valence-corrected chi connectivity index (χ1v) is 8.68. The monoisotopic (exact) mass is 381 g/mol. The molecule has 148 valence electrons. The lowest BCUT2D eigenvalue weighted by molar-refractivity contribution is -0.142. The predicted molar refractivity (Wildman–Crippen MR) is 94.8 cm³/mol. The van der Waals surface area contributed by atoms with Crippen molar-refractivity contribution < 1.29 is 28.6 Å². The molecule has 1 unspecified atom stereocenters. The van der Waals surface area contributed by atoms with Crippen LogP contribution in [-0.2, 0) is 14.3 Å². The minimum Gasteiger partial charge on any atom is -0.480 e. The summed E-state index contributed by atoms with van der Waals surface area (Å²) in [7, 11) is 1.68. The van der Waals surface area contributed by atoms with Gasteiger partial charge in [-0.25, -0.2) is 4.39 Å². The number of ether oxygens (including phenoxy) is 1. The van der Waals surface area contributed by atoms with Crippen LogP contribution < -0.4 is 5.32 Å². The summed E-state index contributed by atoms with van der Waals surface area (Å²) in [5.74, 6) is -1.81. The van der Waals surface area contributed by atoms with E-state index in [1.54, 1.807) is 16.8 Å². The van der Waals surface area contributed by atoms with E-state index in [1.807, 2.05) is 0 Å². The Morgan fingerprint density at radius 1 is 1.33 bits per heavy atom. The van der Waals surface area contributed by atoms with E-state index in [4.69, 9.17) is 9.84 Å². The normalized spacial score (nSPS) is 17.0. The summed E-state index contributed by atoms with van der Waals surface area (Å²) >= 11 is 0. The molecule has 1 aliphatic rings. The summed E-state index contributed by atoms with van der Waals surface area (Å²) in [5, 5.41) is 11.4. The van der Waals surface area contributed by atoms with E-state index in [0.29, 0.717) is 31.8 Å². The fourth-order valence-electron chi connectivity index (χ4n) is 2.84. The number of morpholine rings is 1. The zero-order valence-electron chi connectivity index (χ0n) is 15.2. The first kappa shape index (κ1) is 20.8. The molecule has 1 atom stereocenters. The van der Waals surface area contributed by atoms with E-state index in [-0.39, 0.29) is 37.4 Å². The molecule has 0 aromatic heterocycles. The number of hydrogen-bond donors (Lipinski definition) is 2. The Morgan fingerprint density at radius 2 is 2.04 bits per heavy atom. The van der Waals surface area contributed by atoms with Gasteiger partial charge >= 0.3 is 5.97 Å². The Labute approximate surface area is 156 Å². The van der Waals surface area contributed by atoms with Gasteiger partial charge in [0.05, 0.1) is 19.3 Å². The largest absolute Gasteiger partial charge is 0.480 e. The molecule has 1 aliphatic heterocycles. The third-order valence-corrected chi connectivity index (χ3v) is 4.14. The summed E-state index contributed by atoms with van der Waals surface area (Å²) in [6.07, 6.45) is -0.106. The standard InChI is InChI=1S/C18H24FN3O5/c1-21(12-17(24)25)10-15-11-22(8-9-27-15)16(23)6-7-20-18(26)13-2-4-14(19)5-3-13/h2-5,15H,6-12H2,1H3,(H,20,26)(H,24,25). The molecule has 0 spiro atoms. The summed E-state index contributed by atoms with van der Waals surface area (Å²) < 4.78 is 18.5. The van der Waals surface area contributed by atoms with Crippen LogP contribution in [0.4, 0.5) is 4.39 Å². The van der Waals surface area contributed by atoms with Crippen molar-refractivity contribution in [1.82, 2.24) is 15.1 Å². The van der Waals surface area contributed by atoms with Crippen molar-refractivity contribution in [2.24, 2.45) is 0 Å². The molecule has 1 aromatic carbocycles. The molecule has 1 saturated heterocycles. The number of carboxylic acid groups (broad SMARTS) is 1. The second-order valence-electron chi connectivity index (χ2n) is 6.44. The quantitative estimate of drug-likeness (QED) is 0.667. The number of amides is 2. The van der Waals surface area contributed by atoms with Crippen LogP contribution in [0, 0.1) is 5.82 Å². The number of carboxylic acids is 1. The lowest BCUT2D eigenvalue weighted by Crippen LogP contribution is -2.50. The van der Waals surface area contributed by atoms with Gasteiger partial charge in [-0.3, -0.25) is 19.3 Å². The Hall–Kier alpha value is -2.52. The van der Waals surface area contributed by atoms with Crippen LogP contribution in [0.15, 0.2) is 24.3 Å². The molecule has 2 rings (SSSR count). The average Bonchev–Trinajstić information content (AvgIpc) is 2.61. The van der Waals surface area contributed by atoms with Gasteiger partial charge in [-0.2, -0.15) is 0 Å². The first-order chi connectivity index (χ1) is 12.8. The van der Waals surface area contributed by atoms with Crippen LogP contribution in [0.5, 0.6) is 0 Å². The second kappa shape index (κ2) is 9.98. The molecule has 0 saturated carbocycles.